The van der Waals surface area contributed by atoms with Crippen LogP contribution in [0, 0.1) is 11.3 Å². The number of amides is 3. The summed E-state index contributed by atoms with van der Waals surface area (Å²) in [6, 6.07) is 11.6. The largest absolute Gasteiger partial charge is 0.493 e. The molecule has 1 N–H and O–H groups in total. The van der Waals surface area contributed by atoms with Gasteiger partial charge in [-0.15, -0.1) is 0 Å². The Morgan fingerprint density at radius 3 is 2.42 bits per heavy atom. The second-order valence-electron chi connectivity index (χ2n) is 11.6. The Labute approximate surface area is 252 Å². The Kier molecular flexibility index (Phi) is 9.21. The van der Waals surface area contributed by atoms with Crippen molar-refractivity contribution in [3.63, 3.8) is 0 Å². The zero-order chi connectivity index (χ0) is 30.6. The van der Waals surface area contributed by atoms with Crippen molar-refractivity contribution in [2.75, 3.05) is 41.0 Å². The van der Waals surface area contributed by atoms with Gasteiger partial charge in [-0.2, -0.15) is 5.26 Å². The fourth-order valence-electron chi connectivity index (χ4n) is 6.79. The number of hydrogen-bond donors (Lipinski definition) is 1. The van der Waals surface area contributed by atoms with Gasteiger partial charge in [0.05, 0.1) is 32.8 Å². The standard InChI is InChI=1S/C33H40N4O6/c1-41-27-13-11-25(29(42-2)30(27)43-3)33(21-34)15-18-36(19-16-33)17-6-4-5-8-22-9-7-10-23-24(22)20-37(32(23)40)26-12-14-28(38)35-31(26)39/h7,9-11,13,26H,4-6,8,12,14-20H2,1-3H3,(H,35,38,39). The van der Waals surface area contributed by atoms with Crippen molar-refractivity contribution < 1.29 is 28.6 Å². The number of hydrogen-bond acceptors (Lipinski definition) is 8. The topological polar surface area (TPSA) is 121 Å². The maximum absolute atomic E-state index is 13.1. The van der Waals surface area contributed by atoms with Crippen molar-refractivity contribution in [1.29, 1.82) is 5.26 Å². The van der Waals surface area contributed by atoms with E-state index in [1.807, 2.05) is 24.3 Å². The van der Waals surface area contributed by atoms with Gasteiger partial charge in [-0.05, 0) is 87.5 Å². The summed E-state index contributed by atoms with van der Waals surface area (Å²) in [5.74, 6) is 0.857. The molecule has 0 spiro atoms. The molecular weight excluding hydrogens is 548 g/mol. The highest BCUT2D eigenvalue weighted by molar-refractivity contribution is 6.05. The first kappa shape index (κ1) is 30.4. The minimum absolute atomic E-state index is 0.129. The number of fused-ring (bicyclic) bond motifs is 1. The van der Waals surface area contributed by atoms with Crippen molar-refractivity contribution in [3.05, 3.63) is 52.6 Å². The summed E-state index contributed by atoms with van der Waals surface area (Å²) in [6.45, 7) is 3.04. The summed E-state index contributed by atoms with van der Waals surface area (Å²) in [7, 11) is 4.75. The smallest absolute Gasteiger partial charge is 0.255 e. The molecule has 1 atom stereocenters. The number of imide groups is 1. The first-order valence-corrected chi connectivity index (χ1v) is 15.0. The van der Waals surface area contributed by atoms with Gasteiger partial charge in [0.1, 0.15) is 6.04 Å². The van der Waals surface area contributed by atoms with Gasteiger partial charge >= 0.3 is 0 Å². The minimum atomic E-state index is -0.645. The molecule has 10 nitrogen and oxygen atoms in total. The van der Waals surface area contributed by atoms with Crippen LogP contribution in [0.2, 0.25) is 0 Å². The fraction of sp³-hybridized carbons (Fsp3) is 0.515. The molecule has 2 fully saturated rings. The zero-order valence-corrected chi connectivity index (χ0v) is 25.2. The number of likely N-dealkylation sites (tertiary alicyclic amines) is 1. The number of unbranched alkanes of at least 4 members (excludes halogenated alkanes) is 2. The van der Waals surface area contributed by atoms with E-state index in [2.05, 4.69) is 22.4 Å². The number of nitrogens with zero attached hydrogens (tertiary/aromatic N) is 3. The first-order chi connectivity index (χ1) is 20.9. The van der Waals surface area contributed by atoms with Crippen LogP contribution in [0.25, 0.3) is 0 Å². The molecule has 228 valence electrons. The van der Waals surface area contributed by atoms with Crippen LogP contribution in [0.15, 0.2) is 30.3 Å². The predicted octanol–water partition coefficient (Wildman–Crippen LogP) is 3.74. The number of carbonyl (C=O) groups is 3. The molecule has 2 aromatic rings. The molecule has 3 amide bonds. The van der Waals surface area contributed by atoms with E-state index in [-0.39, 0.29) is 24.1 Å². The van der Waals surface area contributed by atoms with Crippen LogP contribution in [0.1, 0.15) is 72.0 Å². The normalized spacial score (nSPS) is 19.9. The van der Waals surface area contributed by atoms with Gasteiger partial charge < -0.3 is 24.0 Å². The Morgan fingerprint density at radius 1 is 0.977 bits per heavy atom. The number of benzene rings is 2. The number of nitriles is 1. The Balaban J connectivity index is 1.12. The van der Waals surface area contributed by atoms with Crippen LogP contribution in [0.5, 0.6) is 17.2 Å². The van der Waals surface area contributed by atoms with Gasteiger partial charge in [-0.25, -0.2) is 0 Å². The predicted molar refractivity (Wildman–Crippen MR) is 159 cm³/mol. The Hall–Kier alpha value is -4.10. The minimum Gasteiger partial charge on any atom is -0.493 e. The van der Waals surface area contributed by atoms with E-state index in [0.29, 0.717) is 48.6 Å². The van der Waals surface area contributed by atoms with Crippen LogP contribution in [0.4, 0.5) is 0 Å². The number of carbonyl (C=O) groups excluding carboxylic acids is 3. The van der Waals surface area contributed by atoms with E-state index in [1.54, 1.807) is 26.2 Å². The second-order valence-corrected chi connectivity index (χ2v) is 11.6. The van der Waals surface area contributed by atoms with E-state index in [9.17, 15) is 19.6 Å². The highest BCUT2D eigenvalue weighted by Crippen LogP contribution is 2.47. The monoisotopic (exact) mass is 588 g/mol. The fourth-order valence-corrected chi connectivity index (χ4v) is 6.79. The van der Waals surface area contributed by atoms with E-state index in [0.717, 1.165) is 62.0 Å². The molecule has 3 heterocycles. The third-order valence-electron chi connectivity index (χ3n) is 9.24. The summed E-state index contributed by atoms with van der Waals surface area (Å²) in [5, 5.41) is 12.7. The molecule has 2 aromatic carbocycles. The van der Waals surface area contributed by atoms with Crippen molar-refractivity contribution in [2.45, 2.75) is 69.4 Å². The van der Waals surface area contributed by atoms with Crippen molar-refractivity contribution in [3.8, 4) is 23.3 Å². The molecule has 1 unspecified atom stereocenters. The molecule has 0 aromatic heterocycles. The number of methoxy groups -OCH3 is 3. The van der Waals surface area contributed by atoms with Gasteiger partial charge in [-0.1, -0.05) is 18.6 Å². The van der Waals surface area contributed by atoms with Crippen LogP contribution in [-0.4, -0.2) is 74.5 Å². The van der Waals surface area contributed by atoms with Crippen molar-refractivity contribution >= 4 is 17.7 Å². The molecule has 10 heteroatoms. The van der Waals surface area contributed by atoms with Crippen LogP contribution >= 0.6 is 0 Å². The van der Waals surface area contributed by atoms with Gasteiger partial charge in [0.25, 0.3) is 5.91 Å². The van der Waals surface area contributed by atoms with E-state index >= 15 is 0 Å². The average Bonchev–Trinajstić information content (AvgIpc) is 3.36. The van der Waals surface area contributed by atoms with Crippen molar-refractivity contribution in [1.82, 2.24) is 15.1 Å². The maximum atomic E-state index is 13.1. The molecule has 5 rings (SSSR count). The lowest BCUT2D eigenvalue weighted by Crippen LogP contribution is -2.52. The molecule has 3 aliphatic heterocycles. The summed E-state index contributed by atoms with van der Waals surface area (Å²) < 4.78 is 16.7. The number of piperidine rings is 2. The lowest BCUT2D eigenvalue weighted by atomic mass is 9.73. The molecule has 3 aliphatic rings. The number of rotatable bonds is 11. The zero-order valence-electron chi connectivity index (χ0n) is 25.2. The highest BCUT2D eigenvalue weighted by Gasteiger charge is 2.41. The Morgan fingerprint density at radius 2 is 1.74 bits per heavy atom. The van der Waals surface area contributed by atoms with Gasteiger partial charge in [-0.3, -0.25) is 19.7 Å². The molecule has 0 aliphatic carbocycles. The van der Waals surface area contributed by atoms with Gasteiger partial charge in [0.2, 0.25) is 17.6 Å². The molecule has 0 radical (unpaired) electrons. The number of aryl methyl sites for hydroxylation is 1. The van der Waals surface area contributed by atoms with Gasteiger partial charge in [0, 0.05) is 24.1 Å². The maximum Gasteiger partial charge on any atom is 0.255 e. The Bertz CT molecular complexity index is 1430. The third kappa shape index (κ3) is 5.91. The van der Waals surface area contributed by atoms with E-state index < -0.39 is 11.5 Å². The summed E-state index contributed by atoms with van der Waals surface area (Å²) >= 11 is 0. The van der Waals surface area contributed by atoms with Crippen molar-refractivity contribution in [2.24, 2.45) is 0 Å². The molecule has 43 heavy (non-hydrogen) atoms. The number of nitrogens with one attached hydrogen (secondary N) is 1. The summed E-state index contributed by atoms with van der Waals surface area (Å²) in [4.78, 5) is 41.1. The summed E-state index contributed by atoms with van der Waals surface area (Å²) in [5.41, 5.74) is 3.03. The van der Waals surface area contributed by atoms with E-state index in [4.69, 9.17) is 14.2 Å². The first-order valence-electron chi connectivity index (χ1n) is 15.0. The molecule has 0 bridgehead atoms. The molecule has 0 saturated carbocycles. The quantitative estimate of drug-likeness (QED) is 0.311. The van der Waals surface area contributed by atoms with Crippen LogP contribution < -0.4 is 19.5 Å². The second kappa shape index (κ2) is 13.0. The molecular formula is C33H40N4O6. The molecule has 2 saturated heterocycles. The van der Waals surface area contributed by atoms with E-state index in [1.165, 1.54) is 0 Å². The lowest BCUT2D eigenvalue weighted by molar-refractivity contribution is -0.136. The SMILES string of the molecule is COc1ccc(C2(C#N)CCN(CCCCCc3cccc4c3CN(C3CCC(=O)NC3=O)C4=O)CC2)c(OC)c1OC. The van der Waals surface area contributed by atoms with Gasteiger partial charge in [0.15, 0.2) is 11.5 Å². The van der Waals surface area contributed by atoms with Crippen LogP contribution in [-0.2, 0) is 28.0 Å². The summed E-state index contributed by atoms with van der Waals surface area (Å²) in [6.07, 6.45) is 6.02. The highest BCUT2D eigenvalue weighted by atomic mass is 16.5. The number of ether oxygens (including phenoxy) is 3. The third-order valence-corrected chi connectivity index (χ3v) is 9.24. The lowest BCUT2D eigenvalue weighted by Gasteiger charge is -2.38. The average molecular weight is 589 g/mol. The van der Waals surface area contributed by atoms with Crippen LogP contribution in [0.3, 0.4) is 0 Å².